The van der Waals surface area contributed by atoms with Gasteiger partial charge >= 0.3 is 0 Å². The van der Waals surface area contributed by atoms with Gasteiger partial charge in [0.1, 0.15) is 0 Å². The minimum Gasteiger partial charge on any atom is -0.339 e. The zero-order valence-corrected chi connectivity index (χ0v) is 11.9. The van der Waals surface area contributed by atoms with E-state index in [9.17, 15) is 0 Å². The van der Waals surface area contributed by atoms with Gasteiger partial charge in [-0.25, -0.2) is 0 Å². The first-order chi connectivity index (χ1) is 9.19. The van der Waals surface area contributed by atoms with Crippen LogP contribution in [0.5, 0.6) is 0 Å². The Morgan fingerprint density at radius 1 is 1.32 bits per heavy atom. The maximum atomic E-state index is 6.11. The Labute approximate surface area is 118 Å². The van der Waals surface area contributed by atoms with Crippen molar-refractivity contribution in [3.63, 3.8) is 0 Å². The molecule has 5 heteroatoms. The highest BCUT2D eigenvalue weighted by Gasteiger charge is 2.10. The van der Waals surface area contributed by atoms with Crippen LogP contribution in [-0.4, -0.2) is 23.2 Å². The van der Waals surface area contributed by atoms with Crippen molar-refractivity contribution in [3.8, 4) is 0 Å². The van der Waals surface area contributed by atoms with Gasteiger partial charge in [0.2, 0.25) is 5.89 Å². The molecule has 0 aliphatic rings. The van der Waals surface area contributed by atoms with Gasteiger partial charge < -0.3 is 9.84 Å². The Kier molecular flexibility index (Phi) is 4.93. The Bertz CT molecular complexity index is 527. The molecule has 1 atom stereocenters. The minimum absolute atomic E-state index is 0.342. The standard InChI is InChI=1S/C14H18ClN3O/c1-10(16-2)9-13-17-14(19-18-13)8-7-11-5-3-4-6-12(11)15/h3-6,10,16H,7-9H2,1-2H3. The molecule has 19 heavy (non-hydrogen) atoms. The lowest BCUT2D eigenvalue weighted by molar-refractivity contribution is 0.371. The highest BCUT2D eigenvalue weighted by molar-refractivity contribution is 6.31. The van der Waals surface area contributed by atoms with Crippen LogP contribution in [0.1, 0.15) is 24.2 Å². The molecule has 0 amide bonds. The molecular weight excluding hydrogens is 262 g/mol. The first-order valence-corrected chi connectivity index (χ1v) is 6.79. The number of likely N-dealkylation sites (N-methyl/N-ethyl adjacent to an activating group) is 1. The van der Waals surface area contributed by atoms with Gasteiger partial charge in [-0.3, -0.25) is 0 Å². The SMILES string of the molecule is CNC(C)Cc1noc(CCc2ccccc2Cl)n1. The predicted molar refractivity (Wildman–Crippen MR) is 75.4 cm³/mol. The third kappa shape index (κ3) is 4.04. The van der Waals surface area contributed by atoms with Crippen LogP contribution in [0.4, 0.5) is 0 Å². The fraction of sp³-hybridized carbons (Fsp3) is 0.429. The topological polar surface area (TPSA) is 51.0 Å². The molecule has 0 aliphatic carbocycles. The molecule has 1 heterocycles. The predicted octanol–water partition coefficient (Wildman–Crippen LogP) is 2.66. The second-order valence-electron chi connectivity index (χ2n) is 4.59. The molecule has 0 saturated heterocycles. The lowest BCUT2D eigenvalue weighted by Gasteiger charge is -2.04. The summed E-state index contributed by atoms with van der Waals surface area (Å²) in [4.78, 5) is 4.38. The highest BCUT2D eigenvalue weighted by atomic mass is 35.5. The second kappa shape index (κ2) is 6.68. The summed E-state index contributed by atoms with van der Waals surface area (Å²) in [6.07, 6.45) is 2.29. The van der Waals surface area contributed by atoms with E-state index < -0.39 is 0 Å². The zero-order chi connectivity index (χ0) is 13.7. The molecule has 0 aliphatic heterocycles. The van der Waals surface area contributed by atoms with Crippen molar-refractivity contribution in [2.24, 2.45) is 0 Å². The number of nitrogens with one attached hydrogen (secondary N) is 1. The van der Waals surface area contributed by atoms with Crippen molar-refractivity contribution in [3.05, 3.63) is 46.6 Å². The van der Waals surface area contributed by atoms with Gasteiger partial charge in [-0.15, -0.1) is 0 Å². The van der Waals surface area contributed by atoms with Crippen LogP contribution >= 0.6 is 11.6 Å². The van der Waals surface area contributed by atoms with Gasteiger partial charge in [0.05, 0.1) is 0 Å². The zero-order valence-electron chi connectivity index (χ0n) is 11.2. The van der Waals surface area contributed by atoms with E-state index >= 15 is 0 Å². The molecule has 1 N–H and O–H groups in total. The average molecular weight is 280 g/mol. The molecule has 0 bridgehead atoms. The monoisotopic (exact) mass is 279 g/mol. The van der Waals surface area contributed by atoms with Crippen molar-refractivity contribution in [2.45, 2.75) is 32.2 Å². The fourth-order valence-corrected chi connectivity index (χ4v) is 2.02. The maximum Gasteiger partial charge on any atom is 0.226 e. The van der Waals surface area contributed by atoms with Crippen molar-refractivity contribution in [1.29, 1.82) is 0 Å². The molecule has 0 spiro atoms. The van der Waals surface area contributed by atoms with Crippen molar-refractivity contribution in [2.75, 3.05) is 7.05 Å². The summed E-state index contributed by atoms with van der Waals surface area (Å²) in [5.41, 5.74) is 1.10. The van der Waals surface area contributed by atoms with Crippen LogP contribution in [-0.2, 0) is 19.3 Å². The number of aryl methyl sites for hydroxylation is 2. The Balaban J connectivity index is 1.92. The molecule has 1 aromatic heterocycles. The van der Waals surface area contributed by atoms with Crippen molar-refractivity contribution in [1.82, 2.24) is 15.5 Å². The van der Waals surface area contributed by atoms with Crippen LogP contribution in [0, 0.1) is 0 Å². The molecule has 1 unspecified atom stereocenters. The second-order valence-corrected chi connectivity index (χ2v) is 5.00. The number of halogens is 1. The molecule has 4 nitrogen and oxygen atoms in total. The molecule has 2 rings (SSSR count). The highest BCUT2D eigenvalue weighted by Crippen LogP contribution is 2.16. The lowest BCUT2D eigenvalue weighted by Crippen LogP contribution is -2.24. The number of benzene rings is 1. The third-order valence-electron chi connectivity index (χ3n) is 3.06. The van der Waals surface area contributed by atoms with Crippen molar-refractivity contribution < 1.29 is 4.52 Å². The van der Waals surface area contributed by atoms with E-state index in [2.05, 4.69) is 22.4 Å². The smallest absolute Gasteiger partial charge is 0.226 e. The van der Waals surface area contributed by atoms with E-state index in [1.807, 2.05) is 31.3 Å². The van der Waals surface area contributed by atoms with E-state index in [4.69, 9.17) is 16.1 Å². The van der Waals surface area contributed by atoms with Crippen LogP contribution < -0.4 is 5.32 Å². The summed E-state index contributed by atoms with van der Waals surface area (Å²) in [6.45, 7) is 2.08. The van der Waals surface area contributed by atoms with Crippen LogP contribution in [0.15, 0.2) is 28.8 Å². The molecule has 1 aromatic carbocycles. The summed E-state index contributed by atoms with van der Waals surface area (Å²) >= 11 is 6.11. The van der Waals surface area contributed by atoms with Crippen molar-refractivity contribution >= 4 is 11.6 Å². The number of hydrogen-bond acceptors (Lipinski definition) is 4. The lowest BCUT2D eigenvalue weighted by atomic mass is 10.1. The number of hydrogen-bond donors (Lipinski definition) is 1. The van der Waals surface area contributed by atoms with E-state index in [0.29, 0.717) is 18.4 Å². The number of nitrogens with zero attached hydrogens (tertiary/aromatic N) is 2. The summed E-state index contributed by atoms with van der Waals surface area (Å²) in [7, 11) is 1.92. The van der Waals surface area contributed by atoms with Gasteiger partial charge in [-0.05, 0) is 32.0 Å². The van der Waals surface area contributed by atoms with E-state index in [-0.39, 0.29) is 0 Å². The Morgan fingerprint density at radius 2 is 2.11 bits per heavy atom. The van der Waals surface area contributed by atoms with Gasteiger partial charge in [0, 0.05) is 23.9 Å². The Hall–Kier alpha value is -1.39. The van der Waals surface area contributed by atoms with E-state index in [1.54, 1.807) is 0 Å². The van der Waals surface area contributed by atoms with Gasteiger partial charge in [-0.1, -0.05) is 35.0 Å². The summed E-state index contributed by atoms with van der Waals surface area (Å²) in [5, 5.41) is 7.91. The van der Waals surface area contributed by atoms with E-state index in [0.717, 1.165) is 29.3 Å². The fourth-order valence-electron chi connectivity index (χ4n) is 1.79. The van der Waals surface area contributed by atoms with Crippen LogP contribution in [0.2, 0.25) is 5.02 Å². The first kappa shape index (κ1) is 14.0. The molecule has 102 valence electrons. The van der Waals surface area contributed by atoms with Crippen LogP contribution in [0.25, 0.3) is 0 Å². The molecule has 2 aromatic rings. The minimum atomic E-state index is 0.342. The van der Waals surface area contributed by atoms with Crippen LogP contribution in [0.3, 0.4) is 0 Å². The summed E-state index contributed by atoms with van der Waals surface area (Å²) in [6, 6.07) is 8.16. The maximum absolute atomic E-state index is 6.11. The molecule has 0 saturated carbocycles. The normalized spacial score (nSPS) is 12.6. The van der Waals surface area contributed by atoms with Gasteiger partial charge in [0.25, 0.3) is 0 Å². The summed E-state index contributed by atoms with van der Waals surface area (Å²) in [5.74, 6) is 1.41. The quantitative estimate of drug-likeness (QED) is 0.883. The van der Waals surface area contributed by atoms with E-state index in [1.165, 1.54) is 0 Å². The summed E-state index contributed by atoms with van der Waals surface area (Å²) < 4.78 is 5.24. The molecular formula is C14H18ClN3O. The number of rotatable bonds is 6. The number of aromatic nitrogens is 2. The Morgan fingerprint density at radius 3 is 2.84 bits per heavy atom. The van der Waals surface area contributed by atoms with Gasteiger partial charge in [-0.2, -0.15) is 4.98 Å². The molecule has 0 radical (unpaired) electrons. The average Bonchev–Trinajstić information content (AvgIpc) is 2.85. The first-order valence-electron chi connectivity index (χ1n) is 6.41. The largest absolute Gasteiger partial charge is 0.339 e. The molecule has 0 fully saturated rings. The van der Waals surface area contributed by atoms with Gasteiger partial charge in [0.15, 0.2) is 5.82 Å². The third-order valence-corrected chi connectivity index (χ3v) is 3.43.